The Morgan fingerprint density at radius 1 is 0.944 bits per heavy atom. The van der Waals surface area contributed by atoms with Crippen LogP contribution in [0.15, 0.2) is 30.3 Å². The molecule has 0 saturated heterocycles. The lowest BCUT2D eigenvalue weighted by molar-refractivity contribution is -0.114. The maximum Gasteiger partial charge on any atom is 0.126 e. The minimum absolute atomic E-state index is 0.167. The van der Waals surface area contributed by atoms with Crippen molar-refractivity contribution in [3.8, 4) is 0 Å². The molecule has 0 bridgehead atoms. The van der Waals surface area contributed by atoms with E-state index in [2.05, 4.69) is 51.1 Å². The fraction of sp³-hybridized carbons (Fsp3) is 0.588. The fourth-order valence-corrected chi connectivity index (χ4v) is 1.22. The van der Waals surface area contributed by atoms with Crippen molar-refractivity contribution in [2.24, 2.45) is 0 Å². The monoisotopic (exact) mass is 250 g/mol. The van der Waals surface area contributed by atoms with Gasteiger partial charge in [0.1, 0.15) is 5.78 Å². The summed E-state index contributed by atoms with van der Waals surface area (Å²) in [7, 11) is 0. The topological polar surface area (TPSA) is 17.1 Å². The minimum atomic E-state index is 0.167. The summed E-state index contributed by atoms with van der Waals surface area (Å²) in [6.45, 7) is 9.55. The predicted molar refractivity (Wildman–Crippen MR) is 82.0 cm³/mol. The molecule has 0 aromatic heterocycles. The van der Waals surface area contributed by atoms with E-state index >= 15 is 0 Å². The van der Waals surface area contributed by atoms with Crippen molar-refractivity contribution in [2.75, 3.05) is 0 Å². The zero-order valence-corrected chi connectivity index (χ0v) is 12.8. The number of unbranched alkanes of at least 4 members (excludes halogenated alkanes) is 2. The lowest BCUT2D eigenvalue weighted by atomic mass is 10.1. The maximum atomic E-state index is 9.44. The minimum Gasteiger partial charge on any atom is -0.300 e. The van der Waals surface area contributed by atoms with E-state index in [4.69, 9.17) is 0 Å². The number of aryl methyl sites for hydroxylation is 1. The first-order valence-corrected chi connectivity index (χ1v) is 7.09. The highest BCUT2D eigenvalue weighted by Crippen LogP contribution is 2.05. The Labute approximate surface area is 114 Å². The van der Waals surface area contributed by atoms with Crippen LogP contribution in [0.4, 0.5) is 0 Å². The fourth-order valence-electron chi connectivity index (χ4n) is 1.22. The molecule has 0 saturated carbocycles. The molecule has 0 N–H and O–H groups in total. The summed E-state index contributed by atoms with van der Waals surface area (Å²) in [6, 6.07) is 10.7. The molecule has 0 aliphatic carbocycles. The molecule has 0 radical (unpaired) electrons. The number of hydrogen-bond acceptors (Lipinski definition) is 1. The zero-order valence-electron chi connectivity index (χ0n) is 12.8. The zero-order chi connectivity index (χ0) is 14.2. The molecule has 0 unspecified atom stereocenters. The highest BCUT2D eigenvalue weighted by molar-refractivity contribution is 5.72. The second kappa shape index (κ2) is 15.9. The third kappa shape index (κ3) is 20.3. The van der Waals surface area contributed by atoms with Crippen molar-refractivity contribution >= 4 is 5.78 Å². The molecule has 1 heteroatoms. The van der Waals surface area contributed by atoms with Gasteiger partial charge in [0.05, 0.1) is 0 Å². The van der Waals surface area contributed by atoms with E-state index in [0.717, 1.165) is 0 Å². The first-order chi connectivity index (χ1) is 8.58. The second-order valence-corrected chi connectivity index (χ2v) is 4.56. The number of carbonyl (C=O) groups is 1. The Bertz CT molecular complexity index is 260. The number of carbonyl (C=O) groups excluding carboxylic acids is 1. The van der Waals surface area contributed by atoms with E-state index in [9.17, 15) is 4.79 Å². The van der Waals surface area contributed by atoms with Crippen LogP contribution in [0.1, 0.15) is 65.9 Å². The lowest BCUT2D eigenvalue weighted by Crippen LogP contribution is -1.83. The van der Waals surface area contributed by atoms with E-state index in [0.29, 0.717) is 0 Å². The third-order valence-corrected chi connectivity index (χ3v) is 1.91. The normalized spacial score (nSPS) is 8.50. The highest BCUT2D eigenvalue weighted by Gasteiger charge is 1.89. The molecule has 0 amide bonds. The summed E-state index contributed by atoms with van der Waals surface area (Å²) in [4.78, 5) is 9.44. The van der Waals surface area contributed by atoms with Crippen molar-refractivity contribution in [1.82, 2.24) is 0 Å². The molecule has 0 atom stereocenters. The van der Waals surface area contributed by atoms with Crippen molar-refractivity contribution in [3.63, 3.8) is 0 Å². The smallest absolute Gasteiger partial charge is 0.126 e. The highest BCUT2D eigenvalue weighted by atomic mass is 16.1. The van der Waals surface area contributed by atoms with Gasteiger partial charge in [-0.1, -0.05) is 70.4 Å². The maximum absolute atomic E-state index is 9.44. The van der Waals surface area contributed by atoms with Crippen LogP contribution in [0.5, 0.6) is 0 Å². The van der Waals surface area contributed by atoms with Crippen LogP contribution in [0, 0.1) is 0 Å². The van der Waals surface area contributed by atoms with Crippen molar-refractivity contribution < 1.29 is 4.79 Å². The summed E-state index contributed by atoms with van der Waals surface area (Å²) in [5.74, 6) is 0.167. The van der Waals surface area contributed by atoms with Crippen LogP contribution in [0.3, 0.4) is 0 Å². The van der Waals surface area contributed by atoms with Crippen LogP contribution in [-0.2, 0) is 11.2 Å². The van der Waals surface area contributed by atoms with Gasteiger partial charge in [-0.15, -0.1) is 0 Å². The van der Waals surface area contributed by atoms with Gasteiger partial charge in [-0.05, 0) is 32.3 Å². The molecule has 0 heterocycles. The molecular weight excluding hydrogens is 220 g/mol. The molecule has 104 valence electrons. The number of benzene rings is 1. The Balaban J connectivity index is 0. The molecule has 0 fully saturated rings. The predicted octanol–water partition coefficient (Wildman–Crippen LogP) is 5.43. The number of rotatable bonds is 4. The van der Waals surface area contributed by atoms with Gasteiger partial charge in [-0.3, -0.25) is 0 Å². The Morgan fingerprint density at radius 2 is 1.39 bits per heavy atom. The van der Waals surface area contributed by atoms with Crippen LogP contribution in [0.25, 0.3) is 0 Å². The van der Waals surface area contributed by atoms with Gasteiger partial charge in [0.2, 0.25) is 0 Å². The number of ketones is 1. The molecule has 18 heavy (non-hydrogen) atoms. The third-order valence-electron chi connectivity index (χ3n) is 1.91. The van der Waals surface area contributed by atoms with E-state index in [1.165, 1.54) is 51.5 Å². The van der Waals surface area contributed by atoms with Gasteiger partial charge in [0.15, 0.2) is 0 Å². The molecule has 1 rings (SSSR count). The van der Waals surface area contributed by atoms with Crippen LogP contribution in [0.2, 0.25) is 0 Å². The van der Waals surface area contributed by atoms with E-state index in [1.54, 1.807) is 0 Å². The summed E-state index contributed by atoms with van der Waals surface area (Å²) >= 11 is 0. The summed E-state index contributed by atoms with van der Waals surface area (Å²) in [5.41, 5.74) is 1.47. The van der Waals surface area contributed by atoms with E-state index in [-0.39, 0.29) is 5.78 Å². The molecule has 0 aliphatic rings. The molecule has 0 aliphatic heterocycles. The van der Waals surface area contributed by atoms with Crippen LogP contribution in [-0.4, -0.2) is 5.78 Å². The van der Waals surface area contributed by atoms with Gasteiger partial charge in [-0.25, -0.2) is 0 Å². The quantitative estimate of drug-likeness (QED) is 0.651. The lowest BCUT2D eigenvalue weighted by Gasteiger charge is -1.98. The average molecular weight is 250 g/mol. The summed E-state index contributed by atoms with van der Waals surface area (Å²) in [6.07, 6.45) is 6.50. The summed E-state index contributed by atoms with van der Waals surface area (Å²) in [5, 5.41) is 0. The van der Waals surface area contributed by atoms with Gasteiger partial charge in [-0.2, -0.15) is 0 Å². The number of Topliss-reactive ketones (excluding diaryl/α,β-unsaturated/α-hetero) is 1. The largest absolute Gasteiger partial charge is 0.300 e. The first-order valence-electron chi connectivity index (χ1n) is 7.09. The first kappa shape index (κ1) is 19.2. The van der Waals surface area contributed by atoms with E-state index in [1.807, 2.05) is 0 Å². The average Bonchev–Trinajstić information content (AvgIpc) is 2.31. The van der Waals surface area contributed by atoms with Crippen molar-refractivity contribution in [2.45, 2.75) is 66.7 Å². The molecule has 1 aromatic carbocycles. The molecular formula is C17H30O. The van der Waals surface area contributed by atoms with Crippen LogP contribution >= 0.6 is 0 Å². The second-order valence-electron chi connectivity index (χ2n) is 4.56. The Hall–Kier alpha value is -1.11. The van der Waals surface area contributed by atoms with Gasteiger partial charge in [0, 0.05) is 0 Å². The van der Waals surface area contributed by atoms with Gasteiger partial charge in [0.25, 0.3) is 0 Å². The van der Waals surface area contributed by atoms with Crippen LogP contribution < -0.4 is 0 Å². The van der Waals surface area contributed by atoms with Crippen molar-refractivity contribution in [1.29, 1.82) is 0 Å². The Kier molecular flexibility index (Phi) is 17.0. The Morgan fingerprint density at radius 3 is 1.78 bits per heavy atom. The molecule has 0 spiro atoms. The molecule has 1 nitrogen and oxygen atoms in total. The standard InChI is InChI=1S/C11H16.C3H6O.C3H8/c1-2-3-5-8-11-9-6-4-7-10-11;1-3(2)4;1-3-2/h4,6-7,9-10H,2-3,5,8H2,1H3;1-2H3;3H2,1-2H3. The van der Waals surface area contributed by atoms with Crippen molar-refractivity contribution in [3.05, 3.63) is 35.9 Å². The SMILES string of the molecule is CC(C)=O.CCC.CCCCCc1ccccc1. The number of hydrogen-bond donors (Lipinski definition) is 0. The van der Waals surface area contributed by atoms with E-state index < -0.39 is 0 Å². The van der Waals surface area contributed by atoms with Gasteiger partial charge >= 0.3 is 0 Å². The van der Waals surface area contributed by atoms with Gasteiger partial charge < -0.3 is 4.79 Å². The molecule has 1 aromatic rings. The summed E-state index contributed by atoms with van der Waals surface area (Å²) < 4.78 is 0.